The molecule has 0 aromatic heterocycles. The minimum atomic E-state index is -0.596. The van der Waals surface area contributed by atoms with Gasteiger partial charge in [0.25, 0.3) is 5.91 Å². The molecule has 0 radical (unpaired) electrons. The first-order valence-electron chi connectivity index (χ1n) is 8.66. The number of hydrogen-bond acceptors (Lipinski definition) is 6. The number of halogens is 1. The van der Waals surface area contributed by atoms with E-state index in [0.29, 0.717) is 39.4 Å². The lowest BCUT2D eigenvalue weighted by atomic mass is 10.1. The number of nitriles is 1. The summed E-state index contributed by atoms with van der Waals surface area (Å²) in [7, 11) is 2.78. The number of nitrogens with zero attached hydrogens (tertiary/aromatic N) is 1. The van der Waals surface area contributed by atoms with Crippen molar-refractivity contribution >= 4 is 39.6 Å². The van der Waals surface area contributed by atoms with Crippen molar-refractivity contribution in [3.63, 3.8) is 0 Å². The Bertz CT molecular complexity index is 1020. The van der Waals surface area contributed by atoms with Crippen LogP contribution >= 0.6 is 15.9 Å². The van der Waals surface area contributed by atoms with E-state index in [9.17, 15) is 14.9 Å². The van der Waals surface area contributed by atoms with Crippen molar-refractivity contribution in [3.05, 3.63) is 70.2 Å². The fourth-order valence-corrected chi connectivity index (χ4v) is 2.83. The molecule has 0 fully saturated rings. The third-order valence-electron chi connectivity index (χ3n) is 3.87. The minimum Gasteiger partial charge on any atom is -0.493 e. The monoisotopic (exact) mass is 470 g/mol. The van der Waals surface area contributed by atoms with Crippen LogP contribution in [0.25, 0.3) is 6.08 Å². The molecule has 0 bridgehead atoms. The molecule has 30 heavy (non-hydrogen) atoms. The molecule has 2 aromatic rings. The molecule has 0 unspecified atom stereocenters. The van der Waals surface area contributed by atoms with E-state index in [0.717, 1.165) is 0 Å². The average Bonchev–Trinajstić information content (AvgIpc) is 2.76. The molecule has 154 valence electrons. The van der Waals surface area contributed by atoms with Crippen molar-refractivity contribution in [2.24, 2.45) is 0 Å². The fraction of sp³-hybridized carbons (Fsp3) is 0.136. The maximum Gasteiger partial charge on any atom is 0.337 e. The quantitative estimate of drug-likeness (QED) is 0.266. The van der Waals surface area contributed by atoms with Crippen LogP contribution in [0.5, 0.6) is 11.5 Å². The topological polar surface area (TPSA) is 97.7 Å². The van der Waals surface area contributed by atoms with E-state index < -0.39 is 11.9 Å². The summed E-state index contributed by atoms with van der Waals surface area (Å²) in [5.74, 6) is -0.136. The Balaban J connectivity index is 2.26. The van der Waals surface area contributed by atoms with Crippen LogP contribution in [-0.4, -0.2) is 32.7 Å². The van der Waals surface area contributed by atoms with Gasteiger partial charge in [0.05, 0.1) is 19.8 Å². The number of amides is 1. The van der Waals surface area contributed by atoms with Gasteiger partial charge in [-0.2, -0.15) is 5.26 Å². The molecule has 0 heterocycles. The standard InChI is InChI=1S/C22H19BrN2O5/c1-4-9-30-20-12-18(23)15(11-19(20)28-2)10-16(13-24)21(26)25-17-7-5-14(6-8-17)22(27)29-3/h4-8,10-12H,1,9H2,2-3H3,(H,25,26)/b16-10+. The van der Waals surface area contributed by atoms with E-state index in [4.69, 9.17) is 9.47 Å². The Labute approximate surface area is 182 Å². The van der Waals surface area contributed by atoms with Crippen LogP contribution in [0.1, 0.15) is 15.9 Å². The van der Waals surface area contributed by atoms with E-state index in [-0.39, 0.29) is 5.57 Å². The maximum atomic E-state index is 12.5. The molecule has 7 nitrogen and oxygen atoms in total. The van der Waals surface area contributed by atoms with Crippen LogP contribution in [0.3, 0.4) is 0 Å². The van der Waals surface area contributed by atoms with Crippen LogP contribution in [0, 0.1) is 11.3 Å². The summed E-state index contributed by atoms with van der Waals surface area (Å²) >= 11 is 3.41. The normalized spacial score (nSPS) is 10.5. The van der Waals surface area contributed by atoms with Crippen LogP contribution < -0.4 is 14.8 Å². The number of benzene rings is 2. The van der Waals surface area contributed by atoms with Crippen molar-refractivity contribution in [1.29, 1.82) is 5.26 Å². The Kier molecular flexibility index (Phi) is 8.20. The number of rotatable bonds is 8. The van der Waals surface area contributed by atoms with Gasteiger partial charge in [-0.25, -0.2) is 4.79 Å². The van der Waals surface area contributed by atoms with Gasteiger partial charge >= 0.3 is 5.97 Å². The zero-order valence-electron chi connectivity index (χ0n) is 16.4. The van der Waals surface area contributed by atoms with E-state index in [1.165, 1.54) is 32.4 Å². The van der Waals surface area contributed by atoms with Crippen molar-refractivity contribution in [2.45, 2.75) is 0 Å². The van der Waals surface area contributed by atoms with Crippen LogP contribution in [0.15, 0.2) is 59.1 Å². The minimum absolute atomic E-state index is 0.116. The lowest BCUT2D eigenvalue weighted by Crippen LogP contribution is -2.13. The van der Waals surface area contributed by atoms with Crippen LogP contribution in [-0.2, 0) is 9.53 Å². The maximum absolute atomic E-state index is 12.5. The van der Waals surface area contributed by atoms with Crippen molar-refractivity contribution in [1.82, 2.24) is 0 Å². The highest BCUT2D eigenvalue weighted by atomic mass is 79.9. The first kappa shape index (κ1) is 22.7. The van der Waals surface area contributed by atoms with Crippen molar-refractivity contribution in [3.8, 4) is 17.6 Å². The van der Waals surface area contributed by atoms with Gasteiger partial charge in [0, 0.05) is 10.2 Å². The summed E-state index contributed by atoms with van der Waals surface area (Å²) in [5.41, 5.74) is 1.22. The number of hydrogen-bond donors (Lipinski definition) is 1. The Hall–Kier alpha value is -3.57. The van der Waals surface area contributed by atoms with Gasteiger partial charge < -0.3 is 19.5 Å². The summed E-state index contributed by atoms with van der Waals surface area (Å²) in [6.45, 7) is 3.91. The summed E-state index contributed by atoms with van der Waals surface area (Å²) in [4.78, 5) is 24.0. The summed E-state index contributed by atoms with van der Waals surface area (Å²) < 4.78 is 16.1. The predicted molar refractivity (Wildman–Crippen MR) is 116 cm³/mol. The Morgan fingerprint density at radius 2 is 1.90 bits per heavy atom. The first-order chi connectivity index (χ1) is 14.4. The van der Waals surface area contributed by atoms with Gasteiger partial charge in [-0.15, -0.1) is 0 Å². The smallest absolute Gasteiger partial charge is 0.337 e. The number of carbonyl (C=O) groups is 2. The average molecular weight is 471 g/mol. The van der Waals surface area contributed by atoms with Crippen molar-refractivity contribution < 1.29 is 23.8 Å². The molecule has 0 atom stereocenters. The highest BCUT2D eigenvalue weighted by molar-refractivity contribution is 9.10. The number of anilines is 1. The van der Waals surface area contributed by atoms with Crippen LogP contribution in [0.4, 0.5) is 5.69 Å². The molecule has 2 rings (SSSR count). The van der Waals surface area contributed by atoms with Crippen molar-refractivity contribution in [2.75, 3.05) is 26.1 Å². The number of esters is 1. The molecule has 0 saturated carbocycles. The molecule has 1 amide bonds. The second kappa shape index (κ2) is 10.8. The van der Waals surface area contributed by atoms with Crippen LogP contribution in [0.2, 0.25) is 0 Å². The molecule has 0 aliphatic rings. The molecule has 0 aliphatic heterocycles. The molecule has 0 aliphatic carbocycles. The zero-order valence-corrected chi connectivity index (χ0v) is 18.0. The second-order valence-electron chi connectivity index (χ2n) is 5.82. The number of ether oxygens (including phenoxy) is 3. The summed E-state index contributed by atoms with van der Waals surface area (Å²) in [6.07, 6.45) is 3.04. The largest absolute Gasteiger partial charge is 0.493 e. The Morgan fingerprint density at radius 3 is 2.47 bits per heavy atom. The van der Waals surface area contributed by atoms with Gasteiger partial charge in [-0.3, -0.25) is 4.79 Å². The highest BCUT2D eigenvalue weighted by Gasteiger charge is 2.14. The number of carbonyl (C=O) groups excluding carboxylic acids is 2. The first-order valence-corrected chi connectivity index (χ1v) is 9.45. The van der Waals surface area contributed by atoms with Gasteiger partial charge in [-0.05, 0) is 48.0 Å². The summed E-state index contributed by atoms with van der Waals surface area (Å²) in [5, 5.41) is 12.1. The third-order valence-corrected chi connectivity index (χ3v) is 4.56. The third kappa shape index (κ3) is 5.72. The molecule has 2 aromatic carbocycles. The zero-order chi connectivity index (χ0) is 22.1. The van der Waals surface area contributed by atoms with E-state index >= 15 is 0 Å². The molecule has 1 N–H and O–H groups in total. The number of nitrogens with one attached hydrogen (secondary N) is 1. The second-order valence-corrected chi connectivity index (χ2v) is 6.67. The van der Waals surface area contributed by atoms with Gasteiger partial charge in [-0.1, -0.05) is 28.6 Å². The predicted octanol–water partition coefficient (Wildman–Crippen LogP) is 4.35. The molecule has 0 saturated heterocycles. The van der Waals surface area contributed by atoms with E-state index in [1.54, 1.807) is 30.3 Å². The van der Waals surface area contributed by atoms with E-state index in [2.05, 4.69) is 32.6 Å². The summed E-state index contributed by atoms with van der Waals surface area (Å²) in [6, 6.07) is 11.3. The Morgan fingerprint density at radius 1 is 1.20 bits per heavy atom. The molecule has 8 heteroatoms. The SMILES string of the molecule is C=CCOc1cc(Br)c(/C=C(\C#N)C(=O)Nc2ccc(C(=O)OC)cc2)cc1OC. The molecular formula is C22H19BrN2O5. The van der Waals surface area contributed by atoms with Gasteiger partial charge in [0.15, 0.2) is 11.5 Å². The fourth-order valence-electron chi connectivity index (χ4n) is 2.39. The molecule has 0 spiro atoms. The number of methoxy groups -OCH3 is 2. The molecular weight excluding hydrogens is 452 g/mol. The van der Waals surface area contributed by atoms with Gasteiger partial charge in [0.1, 0.15) is 18.2 Å². The lowest BCUT2D eigenvalue weighted by Gasteiger charge is -2.12. The van der Waals surface area contributed by atoms with E-state index in [1.807, 2.05) is 6.07 Å². The highest BCUT2D eigenvalue weighted by Crippen LogP contribution is 2.34. The van der Waals surface area contributed by atoms with Gasteiger partial charge in [0.2, 0.25) is 0 Å². The lowest BCUT2D eigenvalue weighted by molar-refractivity contribution is -0.112.